The van der Waals surface area contributed by atoms with Gasteiger partial charge in [0.1, 0.15) is 10.7 Å². The van der Waals surface area contributed by atoms with E-state index in [9.17, 15) is 0 Å². The van der Waals surface area contributed by atoms with Crippen molar-refractivity contribution < 1.29 is 0 Å². The zero-order valence-corrected chi connectivity index (χ0v) is 9.43. The summed E-state index contributed by atoms with van der Waals surface area (Å²) in [6.07, 6.45) is 0. The fourth-order valence-corrected chi connectivity index (χ4v) is 2.03. The van der Waals surface area contributed by atoms with Crippen LogP contribution in [-0.4, -0.2) is 4.57 Å². The highest BCUT2D eigenvalue weighted by molar-refractivity contribution is 7.71. The minimum absolute atomic E-state index is 0.561. The van der Waals surface area contributed by atoms with Gasteiger partial charge in [0.15, 0.2) is 0 Å². The molecule has 1 aromatic heterocycles. The molecular formula is C12H10N2S. The van der Waals surface area contributed by atoms with E-state index in [0.717, 1.165) is 10.9 Å². The van der Waals surface area contributed by atoms with E-state index in [-0.39, 0.29) is 0 Å². The Morgan fingerprint density at radius 1 is 1.40 bits per heavy atom. The first kappa shape index (κ1) is 9.88. The molecule has 1 heterocycles. The van der Waals surface area contributed by atoms with Crippen molar-refractivity contribution in [1.29, 1.82) is 5.26 Å². The van der Waals surface area contributed by atoms with Gasteiger partial charge in [0.2, 0.25) is 0 Å². The first-order chi connectivity index (χ1) is 7.15. The number of pyridine rings is 1. The second-order valence-corrected chi connectivity index (χ2v) is 3.93. The molecule has 0 saturated heterocycles. The van der Waals surface area contributed by atoms with Crippen molar-refractivity contribution in [2.45, 2.75) is 6.92 Å². The van der Waals surface area contributed by atoms with Gasteiger partial charge in [0.05, 0.1) is 11.1 Å². The number of fused-ring (bicyclic) bond motifs is 1. The molecule has 2 nitrogen and oxygen atoms in total. The largest absolute Gasteiger partial charge is 0.334 e. The molecule has 0 saturated carbocycles. The quantitative estimate of drug-likeness (QED) is 0.630. The fraction of sp³-hybridized carbons (Fsp3) is 0.167. The van der Waals surface area contributed by atoms with Gasteiger partial charge in [-0.25, -0.2) is 0 Å². The molecule has 0 aliphatic heterocycles. The maximum atomic E-state index is 8.94. The second kappa shape index (κ2) is 3.48. The van der Waals surface area contributed by atoms with Gasteiger partial charge in [-0.2, -0.15) is 5.26 Å². The number of para-hydroxylation sites is 1. The van der Waals surface area contributed by atoms with Crippen LogP contribution in [0.15, 0.2) is 24.3 Å². The molecule has 0 aliphatic rings. The Morgan fingerprint density at radius 3 is 2.80 bits per heavy atom. The molecule has 0 N–H and O–H groups in total. The summed E-state index contributed by atoms with van der Waals surface area (Å²) in [5.41, 5.74) is 2.83. The number of benzene rings is 1. The second-order valence-electron chi connectivity index (χ2n) is 3.55. The number of rotatable bonds is 0. The lowest BCUT2D eigenvalue weighted by molar-refractivity contribution is 0.926. The van der Waals surface area contributed by atoms with Crippen molar-refractivity contribution in [2.24, 2.45) is 7.05 Å². The van der Waals surface area contributed by atoms with E-state index in [1.54, 1.807) is 0 Å². The van der Waals surface area contributed by atoms with Crippen molar-refractivity contribution in [1.82, 2.24) is 4.57 Å². The van der Waals surface area contributed by atoms with Crippen LogP contribution < -0.4 is 0 Å². The highest BCUT2D eigenvalue weighted by atomic mass is 32.1. The van der Waals surface area contributed by atoms with Crippen molar-refractivity contribution >= 4 is 23.1 Å². The molecule has 3 heteroatoms. The molecule has 0 atom stereocenters. The highest BCUT2D eigenvalue weighted by Gasteiger charge is 2.04. The Morgan fingerprint density at radius 2 is 2.13 bits per heavy atom. The number of nitriles is 1. The standard InChI is InChI=1S/C12H10N2S/c1-8-4-3-5-9-6-10(7-13)12(15)14(2)11(8)9/h3-6H,1-2H3. The highest BCUT2D eigenvalue weighted by Crippen LogP contribution is 2.20. The van der Waals surface area contributed by atoms with Gasteiger partial charge >= 0.3 is 0 Å². The lowest BCUT2D eigenvalue weighted by Gasteiger charge is -2.09. The van der Waals surface area contributed by atoms with Crippen LogP contribution in [0.4, 0.5) is 0 Å². The van der Waals surface area contributed by atoms with E-state index in [1.165, 1.54) is 5.56 Å². The molecule has 0 radical (unpaired) electrons. The molecule has 2 rings (SSSR count). The maximum absolute atomic E-state index is 8.94. The van der Waals surface area contributed by atoms with Crippen LogP contribution in [0.1, 0.15) is 11.1 Å². The number of aromatic nitrogens is 1. The monoisotopic (exact) mass is 214 g/mol. The molecule has 15 heavy (non-hydrogen) atoms. The van der Waals surface area contributed by atoms with Crippen LogP contribution in [0.25, 0.3) is 10.9 Å². The lowest BCUT2D eigenvalue weighted by Crippen LogP contribution is -1.99. The Hall–Kier alpha value is -1.66. The molecule has 74 valence electrons. The van der Waals surface area contributed by atoms with Gasteiger partial charge in [-0.3, -0.25) is 0 Å². The summed E-state index contributed by atoms with van der Waals surface area (Å²) in [6, 6.07) is 10.0. The first-order valence-corrected chi connectivity index (χ1v) is 5.05. The normalized spacial score (nSPS) is 10.2. The number of hydrogen-bond acceptors (Lipinski definition) is 2. The molecular weight excluding hydrogens is 204 g/mol. The number of nitrogens with zero attached hydrogens (tertiary/aromatic N) is 2. The summed E-state index contributed by atoms with van der Waals surface area (Å²) in [5.74, 6) is 0. The zero-order chi connectivity index (χ0) is 11.0. The fourth-order valence-electron chi connectivity index (χ4n) is 1.84. The Labute approximate surface area is 93.4 Å². The number of aryl methyl sites for hydroxylation is 2. The predicted octanol–water partition coefficient (Wildman–Crippen LogP) is 3.09. The minimum atomic E-state index is 0.561. The smallest absolute Gasteiger partial charge is 0.124 e. The van der Waals surface area contributed by atoms with Gasteiger partial charge in [-0.15, -0.1) is 0 Å². The summed E-state index contributed by atoms with van der Waals surface area (Å²) in [5, 5.41) is 10.00. The molecule has 0 amide bonds. The van der Waals surface area contributed by atoms with Crippen LogP contribution in [0.2, 0.25) is 0 Å². The van der Waals surface area contributed by atoms with Crippen molar-refractivity contribution in [3.05, 3.63) is 40.0 Å². The Balaban J connectivity index is 3.06. The number of hydrogen-bond donors (Lipinski definition) is 0. The van der Waals surface area contributed by atoms with Crippen molar-refractivity contribution in [3.63, 3.8) is 0 Å². The van der Waals surface area contributed by atoms with E-state index in [4.69, 9.17) is 17.5 Å². The molecule has 0 fully saturated rings. The average molecular weight is 214 g/mol. The third-order valence-corrected chi connectivity index (χ3v) is 3.05. The zero-order valence-electron chi connectivity index (χ0n) is 8.61. The van der Waals surface area contributed by atoms with Gasteiger partial charge in [-0.1, -0.05) is 30.4 Å². The van der Waals surface area contributed by atoms with Crippen LogP contribution >= 0.6 is 12.2 Å². The molecule has 0 aliphatic carbocycles. The topological polar surface area (TPSA) is 28.7 Å². The van der Waals surface area contributed by atoms with Crippen LogP contribution in [-0.2, 0) is 7.05 Å². The summed E-state index contributed by atoms with van der Waals surface area (Å²) >= 11 is 5.22. The Kier molecular flexibility index (Phi) is 2.29. The first-order valence-electron chi connectivity index (χ1n) is 4.64. The van der Waals surface area contributed by atoms with Crippen LogP contribution in [0, 0.1) is 22.9 Å². The third kappa shape index (κ3) is 1.43. The molecule has 0 unspecified atom stereocenters. The average Bonchev–Trinajstić information content (AvgIpc) is 2.23. The van der Waals surface area contributed by atoms with Crippen LogP contribution in [0.3, 0.4) is 0 Å². The van der Waals surface area contributed by atoms with E-state index in [1.807, 2.05) is 42.8 Å². The summed E-state index contributed by atoms with van der Waals surface area (Å²) in [7, 11) is 1.90. The molecule has 2 aromatic rings. The van der Waals surface area contributed by atoms with Gasteiger partial charge in [0, 0.05) is 7.05 Å². The lowest BCUT2D eigenvalue weighted by atomic mass is 10.1. The summed E-state index contributed by atoms with van der Waals surface area (Å²) in [6.45, 7) is 2.04. The van der Waals surface area contributed by atoms with Gasteiger partial charge < -0.3 is 4.57 Å². The molecule has 0 bridgehead atoms. The van der Waals surface area contributed by atoms with Gasteiger partial charge in [0.25, 0.3) is 0 Å². The SMILES string of the molecule is Cc1cccc2cc(C#N)c(=S)n(C)c12. The predicted molar refractivity (Wildman–Crippen MR) is 63.2 cm³/mol. The minimum Gasteiger partial charge on any atom is -0.334 e. The van der Waals surface area contributed by atoms with Crippen LogP contribution in [0.5, 0.6) is 0 Å². The van der Waals surface area contributed by atoms with E-state index in [0.29, 0.717) is 10.2 Å². The van der Waals surface area contributed by atoms with Crippen molar-refractivity contribution in [2.75, 3.05) is 0 Å². The molecule has 1 aromatic carbocycles. The van der Waals surface area contributed by atoms with E-state index in [2.05, 4.69) is 6.07 Å². The van der Waals surface area contributed by atoms with E-state index >= 15 is 0 Å². The summed E-state index contributed by atoms with van der Waals surface area (Å²) < 4.78 is 2.50. The van der Waals surface area contributed by atoms with Crippen molar-refractivity contribution in [3.8, 4) is 6.07 Å². The third-order valence-electron chi connectivity index (χ3n) is 2.56. The van der Waals surface area contributed by atoms with Gasteiger partial charge in [-0.05, 0) is 23.9 Å². The van der Waals surface area contributed by atoms with E-state index < -0.39 is 0 Å². The Bertz CT molecular complexity index is 632. The molecule has 0 spiro atoms. The summed E-state index contributed by atoms with van der Waals surface area (Å²) in [4.78, 5) is 0. The maximum Gasteiger partial charge on any atom is 0.124 e.